The van der Waals surface area contributed by atoms with Crippen molar-refractivity contribution in [3.8, 4) is 0 Å². The van der Waals surface area contributed by atoms with Crippen LogP contribution in [0.4, 0.5) is 0 Å². The average Bonchev–Trinajstić information content (AvgIpc) is 3.48. The Morgan fingerprint density at radius 2 is 0.925 bits per heavy atom. The lowest BCUT2D eigenvalue weighted by Gasteiger charge is -2.26. The zero-order valence-corrected chi connectivity index (χ0v) is 25.0. The van der Waals surface area contributed by atoms with Crippen molar-refractivity contribution in [2.45, 2.75) is 12.8 Å². The third-order valence-corrected chi connectivity index (χ3v) is 13.1. The average molecular weight is 564 g/mol. The molecule has 4 aromatic carbocycles. The Balaban J connectivity index is 1.29. The SMILES string of the molecule is C1=CN2CCc3ccccc3[P@](c3ccccc3)CCNCC[P@@](c3ccccc3)c3ccccc3CCN1C2. The highest BCUT2D eigenvalue weighted by molar-refractivity contribution is 7.73. The molecule has 0 saturated carbocycles. The van der Waals surface area contributed by atoms with Crippen LogP contribution >= 0.6 is 15.8 Å². The highest BCUT2D eigenvalue weighted by atomic mass is 31.1. The van der Waals surface area contributed by atoms with Crippen molar-refractivity contribution in [2.75, 3.05) is 45.2 Å². The maximum Gasteiger partial charge on any atom is 0.0893 e. The maximum atomic E-state index is 3.88. The van der Waals surface area contributed by atoms with Gasteiger partial charge in [0, 0.05) is 25.5 Å². The van der Waals surface area contributed by atoms with Crippen molar-refractivity contribution in [1.82, 2.24) is 15.1 Å². The monoisotopic (exact) mass is 563 g/mol. The summed E-state index contributed by atoms with van der Waals surface area (Å²) < 4.78 is 0. The van der Waals surface area contributed by atoms with Crippen LogP contribution in [0.1, 0.15) is 11.1 Å². The van der Waals surface area contributed by atoms with Crippen LogP contribution in [0, 0.1) is 0 Å². The molecule has 0 amide bonds. The summed E-state index contributed by atoms with van der Waals surface area (Å²) in [5.74, 6) is 0. The predicted octanol–water partition coefficient (Wildman–Crippen LogP) is 4.99. The Labute approximate surface area is 242 Å². The molecule has 0 aliphatic carbocycles. The molecule has 2 aliphatic heterocycles. The quantitative estimate of drug-likeness (QED) is 0.347. The summed E-state index contributed by atoms with van der Waals surface area (Å²) in [6.07, 6.45) is 9.07. The van der Waals surface area contributed by atoms with E-state index in [9.17, 15) is 0 Å². The van der Waals surface area contributed by atoms with Crippen molar-refractivity contribution in [1.29, 1.82) is 0 Å². The second kappa shape index (κ2) is 13.6. The summed E-state index contributed by atoms with van der Waals surface area (Å²) in [6.45, 7) is 5.16. The van der Waals surface area contributed by atoms with E-state index in [0.29, 0.717) is 0 Å². The van der Waals surface area contributed by atoms with Crippen LogP contribution in [-0.4, -0.2) is 55.0 Å². The van der Waals surface area contributed by atoms with Crippen molar-refractivity contribution < 1.29 is 0 Å². The van der Waals surface area contributed by atoms with E-state index in [-0.39, 0.29) is 0 Å². The maximum absolute atomic E-state index is 3.88. The van der Waals surface area contributed by atoms with Gasteiger partial charge in [-0.25, -0.2) is 0 Å². The number of nitrogens with zero attached hydrogens (tertiary/aromatic N) is 2. The smallest absolute Gasteiger partial charge is 0.0893 e. The Hall–Kier alpha value is -2.96. The van der Waals surface area contributed by atoms with Crippen LogP contribution in [0.2, 0.25) is 0 Å². The minimum absolute atomic E-state index is 0.422. The molecular formula is C35H39N3P2. The van der Waals surface area contributed by atoms with E-state index in [1.54, 1.807) is 10.6 Å². The van der Waals surface area contributed by atoms with Gasteiger partial charge in [0.15, 0.2) is 0 Å². The summed E-state index contributed by atoms with van der Waals surface area (Å²) in [5.41, 5.74) is 3.01. The summed E-state index contributed by atoms with van der Waals surface area (Å²) in [4.78, 5) is 4.96. The summed E-state index contributed by atoms with van der Waals surface area (Å²) in [6, 6.07) is 40.8. The molecule has 0 radical (unpaired) electrons. The fourth-order valence-electron chi connectivity index (χ4n) is 5.81. The number of fused-ring (bicyclic) bond motifs is 4. The molecular weight excluding hydrogens is 524 g/mol. The van der Waals surface area contributed by atoms with Gasteiger partial charge in [-0.2, -0.15) is 0 Å². The second-order valence-electron chi connectivity index (χ2n) is 10.5. The lowest BCUT2D eigenvalue weighted by Crippen LogP contribution is -2.31. The van der Waals surface area contributed by atoms with Gasteiger partial charge in [-0.05, 0) is 86.4 Å². The normalized spacial score (nSPS) is 20.3. The second-order valence-corrected chi connectivity index (χ2v) is 15.1. The minimum atomic E-state index is -0.422. The van der Waals surface area contributed by atoms with Gasteiger partial charge in [-0.3, -0.25) is 0 Å². The molecule has 0 aromatic heterocycles. The number of benzene rings is 4. The first-order valence-electron chi connectivity index (χ1n) is 14.5. The van der Waals surface area contributed by atoms with E-state index in [0.717, 1.165) is 58.0 Å². The standard InChI is InChI=1S/C35H39N3P2/c1-3-13-32(14-4-1)39-27-21-36-22-28-40(33-15-5-2-6-16-33)35-18-10-8-12-31(35)20-24-38-26-25-37(29-38)23-19-30-11-7-9-17-34(30)39/h1-18,25-26,36H,19-24,27-29H2/t39-,40-/m0/s1. The molecule has 40 heavy (non-hydrogen) atoms. The van der Waals surface area contributed by atoms with Gasteiger partial charge in [0.25, 0.3) is 0 Å². The van der Waals surface area contributed by atoms with Crippen LogP contribution < -0.4 is 26.5 Å². The highest BCUT2D eigenvalue weighted by Crippen LogP contribution is 2.36. The van der Waals surface area contributed by atoms with Crippen LogP contribution in [-0.2, 0) is 12.8 Å². The summed E-state index contributed by atoms with van der Waals surface area (Å²) >= 11 is 0. The van der Waals surface area contributed by atoms with E-state index >= 15 is 0 Å². The Morgan fingerprint density at radius 1 is 0.500 bits per heavy atom. The molecule has 2 aliphatic rings. The van der Waals surface area contributed by atoms with Gasteiger partial charge < -0.3 is 15.1 Å². The minimum Gasteiger partial charge on any atom is -0.358 e. The van der Waals surface area contributed by atoms with Crippen molar-refractivity contribution in [3.63, 3.8) is 0 Å². The first kappa shape index (κ1) is 27.2. The number of hydrogen-bond donors (Lipinski definition) is 1. The summed E-state index contributed by atoms with van der Waals surface area (Å²) in [7, 11) is -0.844. The first-order chi connectivity index (χ1) is 19.8. The molecule has 5 heteroatoms. The molecule has 1 N–H and O–H groups in total. The molecule has 2 bridgehead atoms. The van der Waals surface area contributed by atoms with E-state index in [1.807, 2.05) is 0 Å². The fraction of sp³-hybridized carbons (Fsp3) is 0.257. The van der Waals surface area contributed by atoms with E-state index in [4.69, 9.17) is 0 Å². The van der Waals surface area contributed by atoms with Crippen molar-refractivity contribution >= 4 is 37.1 Å². The molecule has 0 spiro atoms. The van der Waals surface area contributed by atoms with Crippen LogP contribution in [0.15, 0.2) is 122 Å². The molecule has 3 nitrogen and oxygen atoms in total. The van der Waals surface area contributed by atoms with Gasteiger partial charge in [0.05, 0.1) is 6.67 Å². The third-order valence-electron chi connectivity index (χ3n) is 7.91. The van der Waals surface area contributed by atoms with E-state index < -0.39 is 15.8 Å². The van der Waals surface area contributed by atoms with E-state index in [2.05, 4.69) is 137 Å². The zero-order valence-electron chi connectivity index (χ0n) is 23.2. The van der Waals surface area contributed by atoms with Crippen molar-refractivity contribution in [2.24, 2.45) is 0 Å². The molecule has 0 saturated heterocycles. The Kier molecular flexibility index (Phi) is 9.26. The lowest BCUT2D eigenvalue weighted by molar-refractivity contribution is 0.269. The first-order valence-corrected chi connectivity index (χ1v) is 17.6. The fourth-order valence-corrected chi connectivity index (χ4v) is 10.8. The molecule has 204 valence electrons. The van der Waals surface area contributed by atoms with E-state index in [1.165, 1.54) is 21.7 Å². The molecule has 2 heterocycles. The molecule has 2 atom stereocenters. The molecule has 4 aromatic rings. The zero-order chi connectivity index (χ0) is 27.0. The van der Waals surface area contributed by atoms with Crippen LogP contribution in [0.5, 0.6) is 0 Å². The van der Waals surface area contributed by atoms with Crippen molar-refractivity contribution in [3.05, 3.63) is 133 Å². The molecule has 6 rings (SSSR count). The Bertz CT molecular complexity index is 1290. The number of rotatable bonds is 2. The molecule has 0 unspecified atom stereocenters. The predicted molar refractivity (Wildman–Crippen MR) is 176 cm³/mol. The van der Waals surface area contributed by atoms with Gasteiger partial charge in [0.1, 0.15) is 0 Å². The molecule has 0 fully saturated rings. The van der Waals surface area contributed by atoms with Crippen LogP contribution in [0.3, 0.4) is 0 Å². The topological polar surface area (TPSA) is 18.5 Å². The largest absolute Gasteiger partial charge is 0.358 e. The van der Waals surface area contributed by atoms with Gasteiger partial charge in [-0.1, -0.05) is 109 Å². The highest BCUT2D eigenvalue weighted by Gasteiger charge is 2.21. The Morgan fingerprint density at radius 3 is 1.40 bits per heavy atom. The number of nitrogens with one attached hydrogen (secondary N) is 1. The summed E-state index contributed by atoms with van der Waals surface area (Å²) in [5, 5.41) is 9.94. The van der Waals surface area contributed by atoms with Crippen LogP contribution in [0.25, 0.3) is 0 Å². The lowest BCUT2D eigenvalue weighted by atomic mass is 10.1. The van der Waals surface area contributed by atoms with Gasteiger partial charge in [0.2, 0.25) is 0 Å². The number of hydrogen-bond acceptors (Lipinski definition) is 3. The van der Waals surface area contributed by atoms with Gasteiger partial charge >= 0.3 is 0 Å². The van der Waals surface area contributed by atoms with Gasteiger partial charge in [-0.15, -0.1) is 0 Å². The third kappa shape index (κ3) is 6.67.